The Bertz CT molecular complexity index is 678. The van der Waals surface area contributed by atoms with Gasteiger partial charge in [0.05, 0.1) is 0 Å². The molecule has 1 heterocycles. The highest BCUT2D eigenvalue weighted by Crippen LogP contribution is 2.30. The van der Waals surface area contributed by atoms with E-state index in [4.69, 9.17) is 0 Å². The molecular formula is C15H17F2N3OS2. The zero-order valence-corrected chi connectivity index (χ0v) is 14.7. The molecule has 4 nitrogen and oxygen atoms in total. The fourth-order valence-electron chi connectivity index (χ4n) is 1.77. The molecule has 0 bridgehead atoms. The number of aromatic nitrogens is 2. The monoisotopic (exact) mass is 357 g/mol. The number of hydrogen-bond acceptors (Lipinski definition) is 5. The molecule has 124 valence electrons. The highest BCUT2D eigenvalue weighted by atomic mass is 32.2. The standard InChI is InChI=1S/C15H17F2N3OS2/c1-15(2,3)7-12(21)18-13-19-20-14(23-13)22-8-9-10(16)5-4-6-11(9)17/h4-6H,7-8H2,1-3H3,(H,18,19,21). The van der Waals surface area contributed by atoms with Gasteiger partial charge in [-0.15, -0.1) is 10.2 Å². The summed E-state index contributed by atoms with van der Waals surface area (Å²) in [7, 11) is 0. The number of benzene rings is 1. The molecule has 0 aliphatic carbocycles. The molecule has 0 unspecified atom stereocenters. The lowest BCUT2D eigenvalue weighted by Crippen LogP contribution is -2.19. The van der Waals surface area contributed by atoms with Crippen molar-refractivity contribution < 1.29 is 13.6 Å². The first kappa shape index (κ1) is 17.8. The normalized spacial score (nSPS) is 11.5. The van der Waals surface area contributed by atoms with Gasteiger partial charge in [-0.3, -0.25) is 4.79 Å². The fourth-order valence-corrected chi connectivity index (χ4v) is 3.55. The predicted molar refractivity (Wildman–Crippen MR) is 88.5 cm³/mol. The smallest absolute Gasteiger partial charge is 0.226 e. The van der Waals surface area contributed by atoms with Gasteiger partial charge in [0.15, 0.2) is 4.34 Å². The molecule has 2 rings (SSSR count). The number of carbonyl (C=O) groups excluding carboxylic acids is 1. The number of anilines is 1. The number of nitrogens with zero attached hydrogens (tertiary/aromatic N) is 2. The number of amides is 1. The van der Waals surface area contributed by atoms with Crippen molar-refractivity contribution in [3.8, 4) is 0 Å². The molecule has 8 heteroatoms. The van der Waals surface area contributed by atoms with E-state index in [9.17, 15) is 13.6 Å². The van der Waals surface area contributed by atoms with E-state index in [0.29, 0.717) is 15.9 Å². The minimum absolute atomic E-state index is 0.00557. The van der Waals surface area contributed by atoms with Crippen molar-refractivity contribution in [1.82, 2.24) is 10.2 Å². The summed E-state index contributed by atoms with van der Waals surface area (Å²) in [5, 5.41) is 10.9. The van der Waals surface area contributed by atoms with E-state index >= 15 is 0 Å². The zero-order chi connectivity index (χ0) is 17.0. The Morgan fingerprint density at radius 2 is 1.91 bits per heavy atom. The van der Waals surface area contributed by atoms with E-state index in [2.05, 4.69) is 15.5 Å². The van der Waals surface area contributed by atoms with Crippen LogP contribution in [0.5, 0.6) is 0 Å². The van der Waals surface area contributed by atoms with Crippen molar-refractivity contribution >= 4 is 34.1 Å². The van der Waals surface area contributed by atoms with Gasteiger partial charge in [-0.1, -0.05) is 49.9 Å². The first-order valence-electron chi connectivity index (χ1n) is 6.94. The average molecular weight is 357 g/mol. The molecule has 0 saturated carbocycles. The van der Waals surface area contributed by atoms with Crippen molar-refractivity contribution in [3.05, 3.63) is 35.4 Å². The molecular weight excluding hydrogens is 340 g/mol. The van der Waals surface area contributed by atoms with E-state index in [1.54, 1.807) is 0 Å². The molecule has 2 aromatic rings. The average Bonchev–Trinajstić information content (AvgIpc) is 2.83. The van der Waals surface area contributed by atoms with Gasteiger partial charge in [0, 0.05) is 17.7 Å². The van der Waals surface area contributed by atoms with Crippen LogP contribution in [0.25, 0.3) is 0 Å². The highest BCUT2D eigenvalue weighted by Gasteiger charge is 2.17. The lowest BCUT2D eigenvalue weighted by molar-refractivity contribution is -0.117. The maximum absolute atomic E-state index is 13.5. The van der Waals surface area contributed by atoms with E-state index in [1.165, 1.54) is 41.3 Å². The van der Waals surface area contributed by atoms with Crippen LogP contribution >= 0.6 is 23.1 Å². The van der Waals surface area contributed by atoms with Gasteiger partial charge >= 0.3 is 0 Å². The third kappa shape index (κ3) is 5.54. The SMILES string of the molecule is CC(C)(C)CC(=O)Nc1nnc(SCc2c(F)cccc2F)s1. The third-order valence-electron chi connectivity index (χ3n) is 2.75. The molecule has 0 aliphatic heterocycles. The van der Waals surface area contributed by atoms with Crippen molar-refractivity contribution in [2.75, 3.05) is 5.32 Å². The lowest BCUT2D eigenvalue weighted by Gasteiger charge is -2.16. The first-order valence-corrected chi connectivity index (χ1v) is 8.74. The van der Waals surface area contributed by atoms with Crippen LogP contribution in [0.2, 0.25) is 0 Å². The van der Waals surface area contributed by atoms with Gasteiger partial charge in [0.2, 0.25) is 11.0 Å². The molecule has 23 heavy (non-hydrogen) atoms. The van der Waals surface area contributed by atoms with Gasteiger partial charge in [0.25, 0.3) is 0 Å². The van der Waals surface area contributed by atoms with Gasteiger partial charge in [-0.05, 0) is 17.5 Å². The van der Waals surface area contributed by atoms with Crippen LogP contribution in [0.4, 0.5) is 13.9 Å². The molecule has 0 saturated heterocycles. The maximum Gasteiger partial charge on any atom is 0.226 e. The molecule has 1 aromatic heterocycles. The van der Waals surface area contributed by atoms with Gasteiger partial charge in [-0.25, -0.2) is 8.78 Å². The summed E-state index contributed by atoms with van der Waals surface area (Å²) in [6, 6.07) is 3.76. The van der Waals surface area contributed by atoms with E-state index < -0.39 is 11.6 Å². The molecule has 1 N–H and O–H groups in total. The van der Waals surface area contributed by atoms with Crippen molar-refractivity contribution in [2.45, 2.75) is 37.3 Å². The Morgan fingerprint density at radius 1 is 1.26 bits per heavy atom. The second kappa shape index (κ2) is 7.35. The Morgan fingerprint density at radius 3 is 2.52 bits per heavy atom. The van der Waals surface area contributed by atoms with Crippen molar-refractivity contribution in [2.24, 2.45) is 5.41 Å². The Balaban J connectivity index is 1.94. The molecule has 0 aliphatic rings. The molecule has 1 amide bonds. The van der Waals surface area contributed by atoms with Crippen LogP contribution in [0, 0.1) is 17.0 Å². The predicted octanol–water partition coefficient (Wildman–Crippen LogP) is 4.48. The van der Waals surface area contributed by atoms with Crippen LogP contribution < -0.4 is 5.32 Å². The van der Waals surface area contributed by atoms with Gasteiger partial charge < -0.3 is 5.32 Å². The Kier molecular flexibility index (Phi) is 5.69. The number of halogens is 2. The largest absolute Gasteiger partial charge is 0.300 e. The molecule has 0 atom stereocenters. The fraction of sp³-hybridized carbons (Fsp3) is 0.400. The highest BCUT2D eigenvalue weighted by molar-refractivity contribution is 8.00. The van der Waals surface area contributed by atoms with E-state index in [1.807, 2.05) is 20.8 Å². The second-order valence-electron chi connectivity index (χ2n) is 6.15. The third-order valence-corrected chi connectivity index (χ3v) is 4.74. The van der Waals surface area contributed by atoms with Gasteiger partial charge in [-0.2, -0.15) is 0 Å². The van der Waals surface area contributed by atoms with Crippen LogP contribution in [0.1, 0.15) is 32.8 Å². The number of hydrogen-bond donors (Lipinski definition) is 1. The van der Waals surface area contributed by atoms with Gasteiger partial charge in [0.1, 0.15) is 11.6 Å². The van der Waals surface area contributed by atoms with Crippen LogP contribution in [-0.2, 0) is 10.5 Å². The van der Waals surface area contributed by atoms with E-state index in [-0.39, 0.29) is 22.6 Å². The summed E-state index contributed by atoms with van der Waals surface area (Å²) in [5.41, 5.74) is -0.111. The lowest BCUT2D eigenvalue weighted by atomic mass is 9.92. The number of carbonyl (C=O) groups is 1. The molecule has 0 spiro atoms. The van der Waals surface area contributed by atoms with Crippen LogP contribution in [-0.4, -0.2) is 16.1 Å². The summed E-state index contributed by atoms with van der Waals surface area (Å²) in [4.78, 5) is 11.8. The Hall–Kier alpha value is -1.54. The summed E-state index contributed by atoms with van der Waals surface area (Å²) in [6.45, 7) is 5.91. The number of nitrogens with one attached hydrogen (secondary N) is 1. The quantitative estimate of drug-likeness (QED) is 0.633. The maximum atomic E-state index is 13.5. The number of thioether (sulfide) groups is 1. The van der Waals surface area contributed by atoms with E-state index in [0.717, 1.165) is 0 Å². The van der Waals surface area contributed by atoms with Crippen molar-refractivity contribution in [3.63, 3.8) is 0 Å². The second-order valence-corrected chi connectivity index (χ2v) is 8.35. The summed E-state index contributed by atoms with van der Waals surface area (Å²) >= 11 is 2.36. The Labute approximate surface area is 141 Å². The molecule has 0 fully saturated rings. The minimum atomic E-state index is -0.583. The topological polar surface area (TPSA) is 54.9 Å². The summed E-state index contributed by atoms with van der Waals surface area (Å²) in [6.07, 6.45) is 0.371. The van der Waals surface area contributed by atoms with Crippen LogP contribution in [0.3, 0.4) is 0 Å². The molecule has 0 radical (unpaired) electrons. The summed E-state index contributed by atoms with van der Waals surface area (Å²) in [5.74, 6) is -1.19. The number of rotatable bonds is 5. The van der Waals surface area contributed by atoms with Crippen LogP contribution in [0.15, 0.2) is 22.5 Å². The molecule has 1 aromatic carbocycles. The zero-order valence-electron chi connectivity index (χ0n) is 13.0. The first-order chi connectivity index (χ1) is 10.7. The van der Waals surface area contributed by atoms with Crippen molar-refractivity contribution in [1.29, 1.82) is 0 Å². The minimum Gasteiger partial charge on any atom is -0.300 e. The summed E-state index contributed by atoms with van der Waals surface area (Å²) < 4.78 is 27.6.